The highest BCUT2D eigenvalue weighted by Crippen LogP contribution is 2.32. The number of halogens is 3. The highest BCUT2D eigenvalue weighted by Gasteiger charge is 2.30. The van der Waals surface area contributed by atoms with E-state index in [0.29, 0.717) is 17.2 Å². The number of ether oxygens (including phenoxy) is 2. The molecule has 0 spiro atoms. The van der Waals surface area contributed by atoms with Crippen molar-refractivity contribution in [1.82, 2.24) is 5.43 Å². The summed E-state index contributed by atoms with van der Waals surface area (Å²) in [6.07, 6.45) is -4.44. The van der Waals surface area contributed by atoms with Crippen molar-refractivity contribution in [1.29, 1.82) is 0 Å². The Labute approximate surface area is 153 Å². The molecule has 9 heteroatoms. The first-order valence-electron chi connectivity index (χ1n) is 7.97. The van der Waals surface area contributed by atoms with Crippen LogP contribution in [0.1, 0.15) is 18.1 Å². The van der Waals surface area contributed by atoms with Crippen LogP contribution in [-0.2, 0) is 11.0 Å². The second-order valence-electron chi connectivity index (χ2n) is 5.73. The van der Waals surface area contributed by atoms with Gasteiger partial charge in [-0.15, -0.1) is 0 Å². The molecule has 6 nitrogen and oxygen atoms in total. The number of anilines is 1. The lowest BCUT2D eigenvalue weighted by atomic mass is 10.1. The van der Waals surface area contributed by atoms with E-state index in [-0.39, 0.29) is 19.0 Å². The zero-order valence-electron chi connectivity index (χ0n) is 14.3. The Kier molecular flexibility index (Phi) is 5.20. The molecule has 0 saturated heterocycles. The largest absolute Gasteiger partial charge is 0.454 e. The van der Waals surface area contributed by atoms with E-state index in [1.54, 1.807) is 25.1 Å². The standard InChI is InChI=1S/C18H16F3N3O3/c1-11(12-5-6-15-16(7-12)27-10-26-15)23-24-17(25)9-22-14-4-2-3-13(8-14)18(19,20)21/h2-8,22H,9-10H2,1H3,(H,24,25)/b23-11-. The normalized spacial score (nSPS) is 13.4. The number of rotatable bonds is 5. The van der Waals surface area contributed by atoms with Crippen molar-refractivity contribution in [3.05, 3.63) is 53.6 Å². The lowest BCUT2D eigenvalue weighted by Crippen LogP contribution is -2.26. The summed E-state index contributed by atoms with van der Waals surface area (Å²) in [4.78, 5) is 11.9. The smallest absolute Gasteiger partial charge is 0.416 e. The minimum Gasteiger partial charge on any atom is -0.454 e. The maximum atomic E-state index is 12.7. The monoisotopic (exact) mass is 379 g/mol. The molecule has 0 radical (unpaired) electrons. The quantitative estimate of drug-likeness (QED) is 0.617. The number of hydrogen-bond donors (Lipinski definition) is 2. The van der Waals surface area contributed by atoms with Gasteiger partial charge in [0.2, 0.25) is 6.79 Å². The molecule has 0 fully saturated rings. The summed E-state index contributed by atoms with van der Waals surface area (Å²) >= 11 is 0. The minimum atomic E-state index is -4.44. The Morgan fingerprint density at radius 3 is 2.70 bits per heavy atom. The molecular formula is C18H16F3N3O3. The van der Waals surface area contributed by atoms with Crippen molar-refractivity contribution in [2.24, 2.45) is 5.10 Å². The van der Waals surface area contributed by atoms with Crippen LogP contribution >= 0.6 is 0 Å². The lowest BCUT2D eigenvalue weighted by Gasteiger charge is -2.10. The summed E-state index contributed by atoms with van der Waals surface area (Å²) in [6, 6.07) is 9.88. The van der Waals surface area contributed by atoms with Crippen LogP contribution in [-0.4, -0.2) is 25.0 Å². The van der Waals surface area contributed by atoms with E-state index >= 15 is 0 Å². The molecule has 1 aliphatic rings. The van der Waals surface area contributed by atoms with Gasteiger partial charge in [0.15, 0.2) is 11.5 Å². The fourth-order valence-electron chi connectivity index (χ4n) is 2.36. The number of carbonyl (C=O) groups is 1. The van der Waals surface area contributed by atoms with Gasteiger partial charge in [0.25, 0.3) is 5.91 Å². The molecule has 1 amide bonds. The fraction of sp³-hybridized carbons (Fsp3) is 0.222. The first-order chi connectivity index (χ1) is 12.8. The number of carbonyl (C=O) groups excluding carboxylic acids is 1. The summed E-state index contributed by atoms with van der Waals surface area (Å²) in [7, 11) is 0. The average Bonchev–Trinajstić information content (AvgIpc) is 3.11. The maximum Gasteiger partial charge on any atom is 0.416 e. The number of fused-ring (bicyclic) bond motifs is 1. The third-order valence-corrected chi connectivity index (χ3v) is 3.78. The summed E-state index contributed by atoms with van der Waals surface area (Å²) in [6.45, 7) is 1.64. The van der Waals surface area contributed by atoms with Crippen molar-refractivity contribution < 1.29 is 27.4 Å². The number of alkyl halides is 3. The SMILES string of the molecule is C/C(=N/NC(=O)CNc1cccc(C(F)(F)F)c1)c1ccc2c(c1)OCO2. The number of hydrogen-bond acceptors (Lipinski definition) is 5. The molecule has 0 bridgehead atoms. The molecule has 1 heterocycles. The number of amides is 1. The maximum absolute atomic E-state index is 12.7. The van der Waals surface area contributed by atoms with E-state index in [2.05, 4.69) is 15.8 Å². The molecule has 2 N–H and O–H groups in total. The fourth-order valence-corrected chi connectivity index (χ4v) is 2.36. The molecule has 0 aromatic heterocycles. The molecule has 0 aliphatic carbocycles. The van der Waals surface area contributed by atoms with Crippen LogP contribution in [0.15, 0.2) is 47.6 Å². The molecule has 3 rings (SSSR count). The van der Waals surface area contributed by atoms with Crippen LogP contribution in [0, 0.1) is 0 Å². The number of nitrogens with zero attached hydrogens (tertiary/aromatic N) is 1. The van der Waals surface area contributed by atoms with Gasteiger partial charge in [-0.1, -0.05) is 6.07 Å². The van der Waals surface area contributed by atoms with Gasteiger partial charge in [-0.05, 0) is 43.3 Å². The molecule has 27 heavy (non-hydrogen) atoms. The lowest BCUT2D eigenvalue weighted by molar-refractivity contribution is -0.137. The minimum absolute atomic E-state index is 0.160. The average molecular weight is 379 g/mol. The summed E-state index contributed by atoms with van der Waals surface area (Å²) in [5, 5.41) is 6.63. The van der Waals surface area contributed by atoms with Crippen molar-refractivity contribution in [3.63, 3.8) is 0 Å². The van der Waals surface area contributed by atoms with Crippen molar-refractivity contribution in [2.45, 2.75) is 13.1 Å². The Balaban J connectivity index is 1.56. The first-order valence-corrected chi connectivity index (χ1v) is 7.97. The predicted molar refractivity (Wildman–Crippen MR) is 92.9 cm³/mol. The summed E-state index contributed by atoms with van der Waals surface area (Å²) < 4.78 is 48.5. The number of nitrogens with one attached hydrogen (secondary N) is 2. The van der Waals surface area contributed by atoms with Crippen LogP contribution in [0.5, 0.6) is 11.5 Å². The first kappa shape index (κ1) is 18.6. The van der Waals surface area contributed by atoms with Crippen LogP contribution in [0.25, 0.3) is 0 Å². The van der Waals surface area contributed by atoms with Gasteiger partial charge >= 0.3 is 6.18 Å². The van der Waals surface area contributed by atoms with Crippen molar-refractivity contribution in [3.8, 4) is 11.5 Å². The highest BCUT2D eigenvalue weighted by molar-refractivity contribution is 6.00. The Hall–Kier alpha value is -3.23. The van der Waals surface area contributed by atoms with Crippen LogP contribution in [0.3, 0.4) is 0 Å². The third kappa shape index (κ3) is 4.69. The highest BCUT2D eigenvalue weighted by atomic mass is 19.4. The molecule has 0 unspecified atom stereocenters. The van der Waals surface area contributed by atoms with E-state index in [1.165, 1.54) is 12.1 Å². The second-order valence-corrected chi connectivity index (χ2v) is 5.73. The van der Waals surface area contributed by atoms with Gasteiger partial charge in [0.05, 0.1) is 17.8 Å². The van der Waals surface area contributed by atoms with Gasteiger partial charge in [-0.3, -0.25) is 4.79 Å². The Morgan fingerprint density at radius 2 is 1.93 bits per heavy atom. The van der Waals surface area contributed by atoms with Gasteiger partial charge < -0.3 is 14.8 Å². The molecule has 142 valence electrons. The van der Waals surface area contributed by atoms with Gasteiger partial charge in [0.1, 0.15) is 0 Å². The molecule has 1 aliphatic heterocycles. The molecule has 0 saturated carbocycles. The molecular weight excluding hydrogens is 363 g/mol. The third-order valence-electron chi connectivity index (χ3n) is 3.78. The molecule has 2 aromatic carbocycles. The zero-order valence-corrected chi connectivity index (χ0v) is 14.3. The van der Waals surface area contributed by atoms with E-state index in [0.717, 1.165) is 17.7 Å². The van der Waals surface area contributed by atoms with E-state index in [1.807, 2.05) is 0 Å². The Bertz CT molecular complexity index is 882. The summed E-state index contributed by atoms with van der Waals surface area (Å²) in [5.74, 6) is 0.743. The van der Waals surface area contributed by atoms with Gasteiger partial charge in [-0.25, -0.2) is 5.43 Å². The van der Waals surface area contributed by atoms with E-state index in [4.69, 9.17) is 9.47 Å². The molecule has 2 aromatic rings. The van der Waals surface area contributed by atoms with Crippen LogP contribution < -0.4 is 20.2 Å². The second kappa shape index (κ2) is 7.56. The number of hydrazone groups is 1. The predicted octanol–water partition coefficient (Wildman–Crippen LogP) is 3.39. The van der Waals surface area contributed by atoms with Crippen molar-refractivity contribution >= 4 is 17.3 Å². The topological polar surface area (TPSA) is 72.0 Å². The van der Waals surface area contributed by atoms with Gasteiger partial charge in [0, 0.05) is 11.3 Å². The zero-order chi connectivity index (χ0) is 19.4. The van der Waals surface area contributed by atoms with Gasteiger partial charge in [-0.2, -0.15) is 18.3 Å². The van der Waals surface area contributed by atoms with E-state index in [9.17, 15) is 18.0 Å². The van der Waals surface area contributed by atoms with Crippen LogP contribution in [0.4, 0.5) is 18.9 Å². The van der Waals surface area contributed by atoms with E-state index < -0.39 is 17.6 Å². The number of benzene rings is 2. The van der Waals surface area contributed by atoms with Crippen molar-refractivity contribution in [2.75, 3.05) is 18.7 Å². The van der Waals surface area contributed by atoms with Crippen LogP contribution in [0.2, 0.25) is 0 Å². The Morgan fingerprint density at radius 1 is 1.15 bits per heavy atom. The summed E-state index contributed by atoms with van der Waals surface area (Å²) in [5.41, 5.74) is 3.04. The molecule has 0 atom stereocenters.